The number of amides is 1. The van der Waals surface area contributed by atoms with Gasteiger partial charge in [0.2, 0.25) is 0 Å². The molecule has 92 valence electrons. The Labute approximate surface area is 97.8 Å². The number of aliphatic hydroxyl groups is 1. The zero-order valence-electron chi connectivity index (χ0n) is 8.96. The van der Waals surface area contributed by atoms with Gasteiger partial charge >= 0.3 is 6.09 Å². The van der Waals surface area contributed by atoms with Crippen molar-refractivity contribution in [2.24, 2.45) is 0 Å². The van der Waals surface area contributed by atoms with Crippen molar-refractivity contribution in [2.75, 3.05) is 6.61 Å². The third kappa shape index (κ3) is 4.52. The van der Waals surface area contributed by atoms with Gasteiger partial charge in [-0.15, -0.1) is 0 Å². The van der Waals surface area contributed by atoms with Crippen molar-refractivity contribution < 1.29 is 24.5 Å². The molecule has 1 atom stereocenters. The Morgan fingerprint density at radius 3 is 2.53 bits per heavy atom. The smallest absolute Gasteiger partial charge is 0.408 e. The van der Waals surface area contributed by atoms with Crippen LogP contribution in [0.15, 0.2) is 30.3 Å². The Kier molecular flexibility index (Phi) is 4.96. The minimum atomic E-state index is -1.57. The predicted octanol–water partition coefficient (Wildman–Crippen LogP) is -0.976. The van der Waals surface area contributed by atoms with Gasteiger partial charge in [-0.25, -0.2) is 4.79 Å². The summed E-state index contributed by atoms with van der Waals surface area (Å²) < 4.78 is 4.76. The number of hydrogen-bond acceptors (Lipinski definition) is 5. The van der Waals surface area contributed by atoms with Crippen LogP contribution in [0.5, 0.6) is 0 Å². The first-order valence-electron chi connectivity index (χ1n) is 4.92. The Balaban J connectivity index is 2.37. The van der Waals surface area contributed by atoms with E-state index in [1.165, 1.54) is 0 Å². The first-order chi connectivity index (χ1) is 8.13. The Hall–Kier alpha value is -2.08. The third-order valence-corrected chi connectivity index (χ3v) is 1.97. The van der Waals surface area contributed by atoms with Gasteiger partial charge in [0.25, 0.3) is 0 Å². The van der Waals surface area contributed by atoms with Crippen LogP contribution in [0.2, 0.25) is 0 Å². The standard InChI is InChI=1S/C11H13NO5/c13-6-9(10(14)15)12-11(16)17-7-8-4-2-1-3-5-8/h1-5,9,13H,6-7H2,(H,12,16)(H,14,15)/p-1/t9-/m0/s1. The summed E-state index contributed by atoms with van der Waals surface area (Å²) in [4.78, 5) is 21.6. The number of carboxylic acids is 1. The molecule has 0 aliphatic heterocycles. The molecule has 0 aromatic heterocycles. The highest BCUT2D eigenvalue weighted by atomic mass is 16.5. The quantitative estimate of drug-likeness (QED) is 0.687. The van der Waals surface area contributed by atoms with Gasteiger partial charge < -0.3 is 25.1 Å². The minimum Gasteiger partial charge on any atom is -0.548 e. The minimum absolute atomic E-state index is 0.0257. The monoisotopic (exact) mass is 238 g/mol. The van der Waals surface area contributed by atoms with E-state index in [4.69, 9.17) is 9.84 Å². The average Bonchev–Trinajstić information content (AvgIpc) is 2.34. The number of aliphatic hydroxyl groups excluding tert-OH is 1. The fourth-order valence-corrected chi connectivity index (χ4v) is 1.09. The van der Waals surface area contributed by atoms with Crippen molar-refractivity contribution in [3.63, 3.8) is 0 Å². The molecule has 0 saturated heterocycles. The van der Waals surface area contributed by atoms with Gasteiger partial charge in [-0.1, -0.05) is 30.3 Å². The van der Waals surface area contributed by atoms with Gasteiger partial charge in [-0.05, 0) is 5.56 Å². The Morgan fingerprint density at radius 1 is 1.35 bits per heavy atom. The van der Waals surface area contributed by atoms with Crippen LogP contribution in [0.3, 0.4) is 0 Å². The van der Waals surface area contributed by atoms with E-state index in [9.17, 15) is 14.7 Å². The normalized spacial score (nSPS) is 11.6. The SMILES string of the molecule is O=C(N[C@@H](CO)C(=O)[O-])OCc1ccccc1. The van der Waals surface area contributed by atoms with Crippen LogP contribution in [-0.2, 0) is 16.1 Å². The van der Waals surface area contributed by atoms with Gasteiger partial charge in [0, 0.05) is 0 Å². The van der Waals surface area contributed by atoms with E-state index in [1.54, 1.807) is 24.3 Å². The molecule has 0 heterocycles. The van der Waals surface area contributed by atoms with Crippen LogP contribution in [-0.4, -0.2) is 29.8 Å². The third-order valence-electron chi connectivity index (χ3n) is 1.97. The zero-order valence-corrected chi connectivity index (χ0v) is 8.96. The molecular weight excluding hydrogens is 226 g/mol. The molecule has 0 fully saturated rings. The molecule has 0 bridgehead atoms. The maximum absolute atomic E-state index is 11.2. The number of carbonyl (C=O) groups excluding carboxylic acids is 2. The predicted molar refractivity (Wildman–Crippen MR) is 55.6 cm³/mol. The molecule has 1 aromatic carbocycles. The first-order valence-corrected chi connectivity index (χ1v) is 4.92. The number of carbonyl (C=O) groups is 2. The lowest BCUT2D eigenvalue weighted by Gasteiger charge is -2.16. The molecule has 1 aromatic rings. The van der Waals surface area contributed by atoms with Crippen LogP contribution in [0.1, 0.15) is 5.56 Å². The largest absolute Gasteiger partial charge is 0.548 e. The van der Waals surface area contributed by atoms with Crippen LogP contribution >= 0.6 is 0 Å². The molecule has 0 spiro atoms. The van der Waals surface area contributed by atoms with Crippen molar-refractivity contribution >= 4 is 12.1 Å². The van der Waals surface area contributed by atoms with Crippen LogP contribution in [0, 0.1) is 0 Å². The molecule has 0 unspecified atom stereocenters. The fraction of sp³-hybridized carbons (Fsp3) is 0.273. The van der Waals surface area contributed by atoms with E-state index in [0.717, 1.165) is 5.56 Å². The van der Waals surface area contributed by atoms with Crippen molar-refractivity contribution in [1.29, 1.82) is 0 Å². The lowest BCUT2D eigenvalue weighted by Crippen LogP contribution is -2.50. The Morgan fingerprint density at radius 2 is 2.00 bits per heavy atom. The van der Waals surface area contributed by atoms with Gasteiger partial charge in [-0.3, -0.25) is 0 Å². The van der Waals surface area contributed by atoms with Crippen molar-refractivity contribution in [1.82, 2.24) is 5.32 Å². The maximum Gasteiger partial charge on any atom is 0.408 e. The number of aliphatic carboxylic acids is 1. The lowest BCUT2D eigenvalue weighted by atomic mass is 10.2. The Bertz CT molecular complexity index is 379. The highest BCUT2D eigenvalue weighted by molar-refractivity contribution is 5.78. The first kappa shape index (κ1) is 13.0. The maximum atomic E-state index is 11.2. The van der Waals surface area contributed by atoms with Gasteiger partial charge in [0.1, 0.15) is 6.61 Å². The summed E-state index contributed by atoms with van der Waals surface area (Å²) in [5, 5.41) is 21.0. The molecule has 0 aliphatic carbocycles. The summed E-state index contributed by atoms with van der Waals surface area (Å²) in [6.45, 7) is -0.722. The zero-order chi connectivity index (χ0) is 12.7. The summed E-state index contributed by atoms with van der Waals surface area (Å²) in [7, 11) is 0. The number of ether oxygens (including phenoxy) is 1. The van der Waals surface area contributed by atoms with Gasteiger partial charge in [0.15, 0.2) is 0 Å². The molecule has 6 nitrogen and oxygen atoms in total. The van der Waals surface area contributed by atoms with Crippen molar-refractivity contribution in [2.45, 2.75) is 12.6 Å². The molecule has 2 N–H and O–H groups in total. The summed E-state index contributed by atoms with van der Waals surface area (Å²) in [5.41, 5.74) is 0.775. The number of alkyl carbamates (subject to hydrolysis) is 1. The lowest BCUT2D eigenvalue weighted by molar-refractivity contribution is -0.308. The van der Waals surface area contributed by atoms with Crippen LogP contribution < -0.4 is 10.4 Å². The van der Waals surface area contributed by atoms with E-state index < -0.39 is 24.7 Å². The fourth-order valence-electron chi connectivity index (χ4n) is 1.09. The molecular formula is C11H12NO5-. The molecule has 0 radical (unpaired) electrons. The molecule has 17 heavy (non-hydrogen) atoms. The number of carboxylic acid groups (broad SMARTS) is 1. The van der Waals surface area contributed by atoms with Crippen molar-refractivity contribution in [3.8, 4) is 0 Å². The summed E-state index contributed by atoms with van der Waals surface area (Å²) >= 11 is 0. The topological polar surface area (TPSA) is 98.7 Å². The molecule has 1 amide bonds. The van der Waals surface area contributed by atoms with E-state index in [2.05, 4.69) is 0 Å². The highest BCUT2D eigenvalue weighted by Gasteiger charge is 2.12. The molecule has 6 heteroatoms. The number of benzene rings is 1. The molecule has 0 aliphatic rings. The number of hydrogen-bond donors (Lipinski definition) is 2. The second kappa shape index (κ2) is 6.49. The van der Waals surface area contributed by atoms with Crippen LogP contribution in [0.4, 0.5) is 4.79 Å². The second-order valence-corrected chi connectivity index (χ2v) is 3.26. The van der Waals surface area contributed by atoms with E-state index in [-0.39, 0.29) is 6.61 Å². The number of nitrogens with one attached hydrogen (secondary N) is 1. The summed E-state index contributed by atoms with van der Waals surface area (Å²) in [6.07, 6.45) is -0.919. The number of rotatable bonds is 5. The summed E-state index contributed by atoms with van der Waals surface area (Å²) in [5.74, 6) is -1.57. The van der Waals surface area contributed by atoms with Gasteiger partial charge in [-0.2, -0.15) is 0 Å². The van der Waals surface area contributed by atoms with E-state index in [1.807, 2.05) is 11.4 Å². The average molecular weight is 238 g/mol. The van der Waals surface area contributed by atoms with E-state index >= 15 is 0 Å². The highest BCUT2D eigenvalue weighted by Crippen LogP contribution is 2.00. The van der Waals surface area contributed by atoms with Gasteiger partial charge in [0.05, 0.1) is 18.6 Å². The summed E-state index contributed by atoms with van der Waals surface area (Å²) in [6, 6.07) is 7.45. The molecule has 1 rings (SSSR count). The van der Waals surface area contributed by atoms with E-state index in [0.29, 0.717) is 0 Å². The second-order valence-electron chi connectivity index (χ2n) is 3.26. The van der Waals surface area contributed by atoms with Crippen molar-refractivity contribution in [3.05, 3.63) is 35.9 Å². The van der Waals surface area contributed by atoms with Crippen LogP contribution in [0.25, 0.3) is 0 Å². The molecule has 0 saturated carbocycles.